The van der Waals surface area contributed by atoms with Gasteiger partial charge in [0.15, 0.2) is 0 Å². The van der Waals surface area contributed by atoms with Crippen LogP contribution >= 0.6 is 0 Å². The second-order valence-electron chi connectivity index (χ2n) is 6.97. The van der Waals surface area contributed by atoms with Crippen LogP contribution in [0.3, 0.4) is 0 Å². The first-order chi connectivity index (χ1) is 11.1. The molecule has 0 radical (unpaired) electrons. The lowest BCUT2D eigenvalue weighted by Gasteiger charge is -2.19. The van der Waals surface area contributed by atoms with Crippen LogP contribution in [0.2, 0.25) is 0 Å². The molecule has 132 valence electrons. The maximum absolute atomic E-state index is 10.6. The summed E-state index contributed by atoms with van der Waals surface area (Å²) in [6.07, 6.45) is 5.80. The molecule has 0 aromatic heterocycles. The number of allylic oxidation sites excluding steroid dienone is 5. The number of phenolic OH excluding ortho intramolecular Hbond substituents is 3. The normalized spacial score (nSPS) is 11.7. The fourth-order valence-corrected chi connectivity index (χ4v) is 2.52. The molecule has 0 unspecified atom stereocenters. The largest absolute Gasteiger partial charge is 0.507 e. The van der Waals surface area contributed by atoms with E-state index in [0.29, 0.717) is 24.0 Å². The molecule has 1 rings (SSSR count). The predicted molar refractivity (Wildman–Crippen MR) is 101 cm³/mol. The zero-order valence-corrected chi connectivity index (χ0v) is 15.5. The number of hydrogen-bond donors (Lipinski definition) is 3. The standard InChI is InChI=1S/C21H30O3/c1-13(2)7-9-16(15(5)6)11-18-20(23)12-19(22)17(21(18)24)10-8-14(3)4/h7-8,12,16,22-24H,5,9-11H2,1-4,6H3/t16-/m1/s1. The van der Waals surface area contributed by atoms with Gasteiger partial charge in [-0.15, -0.1) is 0 Å². The molecule has 3 heteroatoms. The van der Waals surface area contributed by atoms with E-state index in [0.717, 1.165) is 17.6 Å². The SMILES string of the molecule is C=C(C)[C@H](CC=C(C)C)Cc1c(O)cc(O)c(CC=C(C)C)c1O. The molecule has 0 aliphatic carbocycles. The molecular weight excluding hydrogens is 300 g/mol. The van der Waals surface area contributed by atoms with Crippen LogP contribution < -0.4 is 0 Å². The molecule has 0 aliphatic rings. The minimum Gasteiger partial charge on any atom is -0.507 e. The Balaban J connectivity index is 3.22. The van der Waals surface area contributed by atoms with Crippen LogP contribution in [-0.4, -0.2) is 15.3 Å². The van der Waals surface area contributed by atoms with Crippen molar-refractivity contribution in [1.82, 2.24) is 0 Å². The van der Waals surface area contributed by atoms with Crippen molar-refractivity contribution in [1.29, 1.82) is 0 Å². The molecular formula is C21H30O3. The van der Waals surface area contributed by atoms with E-state index in [2.05, 4.69) is 12.7 Å². The molecule has 3 nitrogen and oxygen atoms in total. The summed E-state index contributed by atoms with van der Waals surface area (Å²) in [5, 5.41) is 30.8. The van der Waals surface area contributed by atoms with E-state index in [9.17, 15) is 15.3 Å². The van der Waals surface area contributed by atoms with Gasteiger partial charge in [0.05, 0.1) is 0 Å². The van der Waals surface area contributed by atoms with E-state index in [1.54, 1.807) is 0 Å². The Hall–Kier alpha value is -2.16. The smallest absolute Gasteiger partial charge is 0.129 e. The minimum atomic E-state index is -0.0811. The number of rotatable bonds is 7. The first-order valence-corrected chi connectivity index (χ1v) is 8.31. The van der Waals surface area contributed by atoms with Crippen LogP contribution in [-0.2, 0) is 12.8 Å². The Morgan fingerprint density at radius 3 is 2.00 bits per heavy atom. The van der Waals surface area contributed by atoms with Crippen molar-refractivity contribution in [2.24, 2.45) is 5.92 Å². The van der Waals surface area contributed by atoms with Crippen LogP contribution in [0, 0.1) is 5.92 Å². The topological polar surface area (TPSA) is 60.7 Å². The molecule has 0 fully saturated rings. The van der Waals surface area contributed by atoms with Crippen LogP contribution in [0.15, 0.2) is 41.5 Å². The van der Waals surface area contributed by atoms with Gasteiger partial charge in [-0.25, -0.2) is 0 Å². The highest BCUT2D eigenvalue weighted by molar-refractivity contribution is 5.56. The van der Waals surface area contributed by atoms with Gasteiger partial charge in [-0.3, -0.25) is 0 Å². The number of hydrogen-bond acceptors (Lipinski definition) is 3. The number of aromatic hydroxyl groups is 3. The van der Waals surface area contributed by atoms with Gasteiger partial charge in [0.25, 0.3) is 0 Å². The lowest BCUT2D eigenvalue weighted by molar-refractivity contribution is 0.407. The Morgan fingerprint density at radius 2 is 1.50 bits per heavy atom. The Bertz CT molecular complexity index is 658. The van der Waals surface area contributed by atoms with Crippen molar-refractivity contribution in [2.45, 2.75) is 53.9 Å². The maximum atomic E-state index is 10.6. The van der Waals surface area contributed by atoms with Gasteiger partial charge in [0.1, 0.15) is 17.2 Å². The van der Waals surface area contributed by atoms with Gasteiger partial charge in [-0.2, -0.15) is 0 Å². The van der Waals surface area contributed by atoms with Crippen LogP contribution in [0.1, 0.15) is 52.2 Å². The predicted octanol–water partition coefficient (Wildman–Crippen LogP) is 5.40. The Labute approximate surface area is 145 Å². The number of benzene rings is 1. The average Bonchev–Trinajstić information content (AvgIpc) is 2.44. The molecule has 1 aromatic carbocycles. The summed E-state index contributed by atoms with van der Waals surface area (Å²) in [7, 11) is 0. The van der Waals surface area contributed by atoms with E-state index in [-0.39, 0.29) is 23.2 Å². The average molecular weight is 330 g/mol. The van der Waals surface area contributed by atoms with E-state index < -0.39 is 0 Å². The van der Waals surface area contributed by atoms with Gasteiger partial charge in [0, 0.05) is 17.2 Å². The van der Waals surface area contributed by atoms with E-state index in [1.807, 2.05) is 40.7 Å². The van der Waals surface area contributed by atoms with E-state index in [4.69, 9.17) is 0 Å². The van der Waals surface area contributed by atoms with Crippen molar-refractivity contribution in [2.75, 3.05) is 0 Å². The molecule has 0 bridgehead atoms. The van der Waals surface area contributed by atoms with Crippen molar-refractivity contribution >= 4 is 0 Å². The zero-order valence-electron chi connectivity index (χ0n) is 15.5. The second-order valence-corrected chi connectivity index (χ2v) is 6.97. The highest BCUT2D eigenvalue weighted by Crippen LogP contribution is 2.40. The molecule has 0 aliphatic heterocycles. The summed E-state index contributed by atoms with van der Waals surface area (Å²) in [5.41, 5.74) is 4.26. The fourth-order valence-electron chi connectivity index (χ4n) is 2.52. The zero-order chi connectivity index (χ0) is 18.4. The monoisotopic (exact) mass is 330 g/mol. The number of phenols is 3. The highest BCUT2D eigenvalue weighted by Gasteiger charge is 2.20. The molecule has 0 heterocycles. The fraction of sp³-hybridized carbons (Fsp3) is 0.429. The third-order valence-corrected chi connectivity index (χ3v) is 4.14. The van der Waals surface area contributed by atoms with Gasteiger partial charge >= 0.3 is 0 Å². The first kappa shape index (κ1) is 19.9. The molecule has 0 saturated carbocycles. The summed E-state index contributed by atoms with van der Waals surface area (Å²) in [5.74, 6) is -0.0529. The van der Waals surface area contributed by atoms with Crippen LogP contribution in [0.4, 0.5) is 0 Å². The lowest BCUT2D eigenvalue weighted by Crippen LogP contribution is -2.06. The third-order valence-electron chi connectivity index (χ3n) is 4.14. The minimum absolute atomic E-state index is 0.0200. The molecule has 3 N–H and O–H groups in total. The van der Waals surface area contributed by atoms with Gasteiger partial charge in [-0.05, 0) is 59.8 Å². The summed E-state index contributed by atoms with van der Waals surface area (Å²) in [4.78, 5) is 0. The lowest BCUT2D eigenvalue weighted by atomic mass is 9.88. The Kier molecular flexibility index (Phi) is 7.15. The Morgan fingerprint density at radius 1 is 0.958 bits per heavy atom. The van der Waals surface area contributed by atoms with Crippen molar-refractivity contribution in [3.63, 3.8) is 0 Å². The van der Waals surface area contributed by atoms with Gasteiger partial charge in [0.2, 0.25) is 0 Å². The van der Waals surface area contributed by atoms with Crippen molar-refractivity contribution in [3.05, 3.63) is 52.6 Å². The second kappa shape index (κ2) is 8.62. The van der Waals surface area contributed by atoms with Crippen molar-refractivity contribution in [3.8, 4) is 17.2 Å². The van der Waals surface area contributed by atoms with E-state index >= 15 is 0 Å². The molecule has 0 amide bonds. The highest BCUT2D eigenvalue weighted by atomic mass is 16.3. The summed E-state index contributed by atoms with van der Waals surface area (Å²) >= 11 is 0. The summed E-state index contributed by atoms with van der Waals surface area (Å²) in [6, 6.07) is 1.32. The third kappa shape index (κ3) is 5.48. The van der Waals surface area contributed by atoms with Crippen molar-refractivity contribution < 1.29 is 15.3 Å². The van der Waals surface area contributed by atoms with Crippen LogP contribution in [0.5, 0.6) is 17.2 Å². The quantitative estimate of drug-likeness (QED) is 0.586. The maximum Gasteiger partial charge on any atom is 0.129 e. The molecule has 24 heavy (non-hydrogen) atoms. The van der Waals surface area contributed by atoms with Gasteiger partial charge in [-0.1, -0.05) is 35.5 Å². The van der Waals surface area contributed by atoms with Gasteiger partial charge < -0.3 is 15.3 Å². The summed E-state index contributed by atoms with van der Waals surface area (Å²) < 4.78 is 0. The molecule has 1 atom stereocenters. The van der Waals surface area contributed by atoms with E-state index in [1.165, 1.54) is 11.6 Å². The molecule has 0 saturated heterocycles. The first-order valence-electron chi connectivity index (χ1n) is 8.31. The molecule has 1 aromatic rings. The molecule has 0 spiro atoms. The van der Waals surface area contributed by atoms with Crippen LogP contribution in [0.25, 0.3) is 0 Å². The summed E-state index contributed by atoms with van der Waals surface area (Å²) in [6.45, 7) is 14.0.